The fourth-order valence-electron chi connectivity index (χ4n) is 2.35. The average molecular weight is 394 g/mol. The van der Waals surface area contributed by atoms with Crippen molar-refractivity contribution in [2.24, 2.45) is 10.9 Å². The van der Waals surface area contributed by atoms with Crippen LogP contribution in [-0.2, 0) is 4.79 Å². The first-order valence-electron chi connectivity index (χ1n) is 7.46. The Morgan fingerprint density at radius 2 is 1.90 bits per heavy atom. The molecule has 0 bridgehead atoms. The Bertz CT molecular complexity index is 355. The smallest absolute Gasteiger partial charge is 0.225 e. The average Bonchev–Trinajstić information content (AvgIpc) is 3.05. The van der Waals surface area contributed by atoms with Crippen molar-refractivity contribution in [3.63, 3.8) is 0 Å². The van der Waals surface area contributed by atoms with Gasteiger partial charge in [0.25, 0.3) is 0 Å². The monoisotopic (exact) mass is 394 g/mol. The van der Waals surface area contributed by atoms with Crippen LogP contribution in [-0.4, -0.2) is 48.5 Å². The van der Waals surface area contributed by atoms with Crippen LogP contribution < -0.4 is 10.6 Å². The minimum atomic E-state index is 0. The molecule has 2 N–H and O–H groups in total. The first-order valence-corrected chi connectivity index (χ1v) is 7.46. The topological polar surface area (TPSA) is 56.7 Å². The van der Waals surface area contributed by atoms with Crippen LogP contribution in [0.2, 0.25) is 0 Å². The van der Waals surface area contributed by atoms with Gasteiger partial charge in [0.15, 0.2) is 5.96 Å². The highest BCUT2D eigenvalue weighted by Gasteiger charge is 2.29. The molecule has 0 spiro atoms. The molecule has 1 heterocycles. The third kappa shape index (κ3) is 5.10. The molecule has 0 aromatic rings. The van der Waals surface area contributed by atoms with Gasteiger partial charge < -0.3 is 15.5 Å². The van der Waals surface area contributed by atoms with Crippen LogP contribution in [0.25, 0.3) is 0 Å². The van der Waals surface area contributed by atoms with E-state index in [-0.39, 0.29) is 35.8 Å². The van der Waals surface area contributed by atoms with Crippen LogP contribution in [0.1, 0.15) is 40.0 Å². The summed E-state index contributed by atoms with van der Waals surface area (Å²) in [5.74, 6) is 1.26. The number of carbonyl (C=O) groups excluding carboxylic acids is 1. The first-order chi connectivity index (χ1) is 9.10. The lowest BCUT2D eigenvalue weighted by Gasteiger charge is -2.20. The zero-order chi connectivity index (χ0) is 13.8. The van der Waals surface area contributed by atoms with E-state index >= 15 is 0 Å². The van der Waals surface area contributed by atoms with Gasteiger partial charge in [-0.1, -0.05) is 13.8 Å². The summed E-state index contributed by atoms with van der Waals surface area (Å²) in [6.07, 6.45) is 3.49. The molecule has 2 fully saturated rings. The molecule has 1 atom stereocenters. The molecule has 0 aromatic carbocycles. The lowest BCUT2D eigenvalue weighted by Crippen LogP contribution is -2.46. The predicted octanol–water partition coefficient (Wildman–Crippen LogP) is 1.58. The molecular formula is C14H27IN4O. The van der Waals surface area contributed by atoms with Gasteiger partial charge in [-0.05, 0) is 26.2 Å². The largest absolute Gasteiger partial charge is 0.354 e. The maximum Gasteiger partial charge on any atom is 0.225 e. The maximum atomic E-state index is 11.9. The third-order valence-electron chi connectivity index (χ3n) is 3.57. The van der Waals surface area contributed by atoms with E-state index in [1.54, 1.807) is 0 Å². The molecule has 5 nitrogen and oxygen atoms in total. The van der Waals surface area contributed by atoms with E-state index in [0.717, 1.165) is 32.0 Å². The fourth-order valence-corrected chi connectivity index (χ4v) is 2.35. The Morgan fingerprint density at radius 1 is 1.25 bits per heavy atom. The predicted molar refractivity (Wildman–Crippen MR) is 92.5 cm³/mol. The van der Waals surface area contributed by atoms with Gasteiger partial charge in [-0.25, -0.2) is 0 Å². The van der Waals surface area contributed by atoms with E-state index in [1.807, 2.05) is 25.7 Å². The maximum absolute atomic E-state index is 11.9. The molecule has 20 heavy (non-hydrogen) atoms. The van der Waals surface area contributed by atoms with Gasteiger partial charge in [-0.3, -0.25) is 9.79 Å². The van der Waals surface area contributed by atoms with Crippen LogP contribution in [0.3, 0.4) is 0 Å². The molecule has 0 aromatic heterocycles. The highest BCUT2D eigenvalue weighted by molar-refractivity contribution is 14.0. The van der Waals surface area contributed by atoms with Crippen molar-refractivity contribution >= 4 is 35.8 Å². The molecule has 2 rings (SSSR count). The van der Waals surface area contributed by atoms with Crippen molar-refractivity contribution < 1.29 is 4.79 Å². The van der Waals surface area contributed by atoms with E-state index in [1.165, 1.54) is 12.8 Å². The standard InChI is InChI=1S/C14H26N4O.HI/c1-4-15-14(16-11-5-6-11)17-12-7-8-18(9-12)13(19)10(2)3;/h10-12H,4-9H2,1-3H3,(H2,15,16,17);1H. The van der Waals surface area contributed by atoms with Crippen molar-refractivity contribution in [2.75, 3.05) is 19.6 Å². The summed E-state index contributed by atoms with van der Waals surface area (Å²) in [4.78, 5) is 18.4. The second kappa shape index (κ2) is 8.05. The highest BCUT2D eigenvalue weighted by atomic mass is 127. The van der Waals surface area contributed by atoms with Crippen LogP contribution in [0.15, 0.2) is 4.99 Å². The van der Waals surface area contributed by atoms with Gasteiger partial charge in [0.05, 0.1) is 0 Å². The molecular weight excluding hydrogens is 367 g/mol. The van der Waals surface area contributed by atoms with E-state index in [4.69, 9.17) is 0 Å². The van der Waals surface area contributed by atoms with Crippen LogP contribution in [0.4, 0.5) is 0 Å². The SMILES string of the molecule is CCN=C(NC1CC1)NC1CCN(C(=O)C(C)C)C1.I. The van der Waals surface area contributed by atoms with Crippen molar-refractivity contribution in [3.8, 4) is 0 Å². The minimum absolute atomic E-state index is 0. The second-order valence-corrected chi connectivity index (χ2v) is 5.81. The molecule has 2 aliphatic rings. The van der Waals surface area contributed by atoms with Crippen molar-refractivity contribution in [1.29, 1.82) is 0 Å². The highest BCUT2D eigenvalue weighted by Crippen LogP contribution is 2.18. The number of likely N-dealkylation sites (tertiary alicyclic amines) is 1. The number of guanidine groups is 1. The number of hydrogen-bond acceptors (Lipinski definition) is 2. The minimum Gasteiger partial charge on any atom is -0.354 e. The zero-order valence-electron chi connectivity index (χ0n) is 12.7. The Hall–Kier alpha value is -0.530. The number of amides is 1. The summed E-state index contributed by atoms with van der Waals surface area (Å²) < 4.78 is 0. The first kappa shape index (κ1) is 17.5. The molecule has 6 heteroatoms. The zero-order valence-corrected chi connectivity index (χ0v) is 15.0. The van der Waals surface area contributed by atoms with Gasteiger partial charge >= 0.3 is 0 Å². The van der Waals surface area contributed by atoms with E-state index in [0.29, 0.717) is 12.1 Å². The number of nitrogens with one attached hydrogen (secondary N) is 2. The number of aliphatic imine (C=N–C) groups is 1. The lowest BCUT2D eigenvalue weighted by atomic mass is 10.2. The Balaban J connectivity index is 0.00000200. The molecule has 1 saturated carbocycles. The summed E-state index contributed by atoms with van der Waals surface area (Å²) in [6.45, 7) is 8.40. The van der Waals surface area contributed by atoms with Crippen LogP contribution >= 0.6 is 24.0 Å². The summed E-state index contributed by atoms with van der Waals surface area (Å²) in [7, 11) is 0. The van der Waals surface area contributed by atoms with Gasteiger partial charge in [-0.2, -0.15) is 0 Å². The van der Waals surface area contributed by atoms with E-state index < -0.39 is 0 Å². The van der Waals surface area contributed by atoms with Crippen molar-refractivity contribution in [1.82, 2.24) is 15.5 Å². The third-order valence-corrected chi connectivity index (χ3v) is 3.57. The van der Waals surface area contributed by atoms with Crippen molar-refractivity contribution in [2.45, 2.75) is 52.1 Å². The van der Waals surface area contributed by atoms with Crippen molar-refractivity contribution in [3.05, 3.63) is 0 Å². The van der Waals surface area contributed by atoms with Gasteiger partial charge in [0.2, 0.25) is 5.91 Å². The summed E-state index contributed by atoms with van der Waals surface area (Å²) in [5, 5.41) is 6.88. The number of nitrogens with zero attached hydrogens (tertiary/aromatic N) is 2. The van der Waals surface area contributed by atoms with Gasteiger partial charge in [-0.15, -0.1) is 24.0 Å². The van der Waals surface area contributed by atoms with Gasteiger partial charge in [0.1, 0.15) is 0 Å². The molecule has 116 valence electrons. The number of carbonyl (C=O) groups is 1. The summed E-state index contributed by atoms with van der Waals surface area (Å²) >= 11 is 0. The second-order valence-electron chi connectivity index (χ2n) is 5.81. The van der Waals surface area contributed by atoms with E-state index in [2.05, 4.69) is 15.6 Å². The van der Waals surface area contributed by atoms with Gasteiger partial charge in [0, 0.05) is 37.6 Å². The van der Waals surface area contributed by atoms with Crippen LogP contribution in [0, 0.1) is 5.92 Å². The Kier molecular flexibility index (Phi) is 7.05. The number of rotatable bonds is 4. The van der Waals surface area contributed by atoms with E-state index in [9.17, 15) is 4.79 Å². The lowest BCUT2D eigenvalue weighted by molar-refractivity contribution is -0.133. The molecule has 1 saturated heterocycles. The molecule has 1 amide bonds. The molecule has 1 aliphatic heterocycles. The quantitative estimate of drug-likeness (QED) is 0.433. The normalized spacial score (nSPS) is 22.7. The molecule has 1 unspecified atom stereocenters. The molecule has 1 aliphatic carbocycles. The Labute approximate surface area is 139 Å². The molecule has 0 radical (unpaired) electrons. The number of halogens is 1. The Morgan fingerprint density at radius 3 is 2.45 bits per heavy atom. The summed E-state index contributed by atoms with van der Waals surface area (Å²) in [6, 6.07) is 0.937. The summed E-state index contributed by atoms with van der Waals surface area (Å²) in [5.41, 5.74) is 0. The number of hydrogen-bond donors (Lipinski definition) is 2. The van der Waals surface area contributed by atoms with Crippen LogP contribution in [0.5, 0.6) is 0 Å². The fraction of sp³-hybridized carbons (Fsp3) is 0.857.